The van der Waals surface area contributed by atoms with Crippen LogP contribution in [-0.4, -0.2) is 91.2 Å². The van der Waals surface area contributed by atoms with Crippen LogP contribution in [0.4, 0.5) is 9.59 Å². The highest BCUT2D eigenvalue weighted by atomic mass is 16.6. The summed E-state index contributed by atoms with van der Waals surface area (Å²) >= 11 is 0. The number of aromatic amines is 2. The van der Waals surface area contributed by atoms with Gasteiger partial charge >= 0.3 is 12.2 Å². The van der Waals surface area contributed by atoms with Crippen LogP contribution < -0.4 is 10.6 Å². The number of imidazole rings is 2. The molecule has 4 atom stereocenters. The van der Waals surface area contributed by atoms with Gasteiger partial charge in [0, 0.05) is 30.3 Å². The Hall–Kier alpha value is -6.48. The number of oxazole rings is 1. The van der Waals surface area contributed by atoms with E-state index in [4.69, 9.17) is 28.8 Å². The van der Waals surface area contributed by atoms with Gasteiger partial charge in [-0.1, -0.05) is 62.4 Å². The Bertz CT molecular complexity index is 2500. The zero-order valence-corrected chi connectivity index (χ0v) is 36.1. The number of aromatic nitrogens is 5. The third-order valence-corrected chi connectivity index (χ3v) is 11.6. The van der Waals surface area contributed by atoms with Crippen LogP contribution in [0.1, 0.15) is 95.6 Å². The molecule has 62 heavy (non-hydrogen) atoms. The molecule has 2 aliphatic rings. The molecule has 0 bridgehead atoms. The van der Waals surface area contributed by atoms with Gasteiger partial charge in [-0.15, -0.1) is 0 Å². The first-order valence-corrected chi connectivity index (χ1v) is 21.4. The molecule has 15 heteroatoms. The minimum absolute atomic E-state index is 0.0362. The molecule has 2 fully saturated rings. The van der Waals surface area contributed by atoms with Crippen LogP contribution in [0, 0.1) is 5.92 Å². The van der Waals surface area contributed by atoms with Gasteiger partial charge in [0.2, 0.25) is 5.89 Å². The van der Waals surface area contributed by atoms with Crippen LogP contribution in [0.5, 0.6) is 0 Å². The second kappa shape index (κ2) is 17.9. The Morgan fingerprint density at radius 1 is 0.823 bits per heavy atom. The summed E-state index contributed by atoms with van der Waals surface area (Å²) < 4.78 is 16.7. The highest BCUT2D eigenvalue weighted by molar-refractivity contribution is 5.87. The van der Waals surface area contributed by atoms with Gasteiger partial charge in [0.1, 0.15) is 28.8 Å². The number of H-pyrrole nitrogens is 2. The van der Waals surface area contributed by atoms with Crippen LogP contribution in [0.15, 0.2) is 89.6 Å². The molecule has 5 heterocycles. The highest BCUT2D eigenvalue weighted by Crippen LogP contribution is 2.36. The number of rotatable bonds is 12. The van der Waals surface area contributed by atoms with Crippen molar-refractivity contribution in [1.29, 1.82) is 0 Å². The van der Waals surface area contributed by atoms with Crippen LogP contribution in [0.2, 0.25) is 0 Å². The molecule has 4 N–H and O–H groups in total. The van der Waals surface area contributed by atoms with Crippen molar-refractivity contribution >= 4 is 29.2 Å². The maximum atomic E-state index is 14.2. The Morgan fingerprint density at radius 2 is 1.47 bits per heavy atom. The van der Waals surface area contributed by atoms with Gasteiger partial charge in [0.25, 0.3) is 5.91 Å². The maximum Gasteiger partial charge on any atom is 0.408 e. The second-order valence-corrected chi connectivity index (χ2v) is 17.5. The lowest BCUT2D eigenvalue weighted by atomic mass is 10.0. The lowest BCUT2D eigenvalue weighted by molar-refractivity contribution is -0.134. The summed E-state index contributed by atoms with van der Waals surface area (Å²) in [5.41, 5.74) is 5.74. The lowest BCUT2D eigenvalue weighted by Gasteiger charge is -2.30. The van der Waals surface area contributed by atoms with Crippen molar-refractivity contribution in [3.05, 3.63) is 102 Å². The molecular formula is C47H55N9O6. The number of hydrogen-bond donors (Lipinski definition) is 4. The number of nitrogens with zero attached hydrogens (tertiary/aromatic N) is 5. The average molecular weight is 842 g/mol. The van der Waals surface area contributed by atoms with Crippen LogP contribution >= 0.6 is 0 Å². The SMILES string of the molecule is COC(=O)NC(CN1CCCC1c1ncc(-c2ccc(-c3nc4ccc(-c5cnc(C6CCCN6C(=O)C(NC(=O)OC(C)(C)C)c6ccccc6)[nH]5)cc4o3)cc2)[nH]1)C(C)C. The highest BCUT2D eigenvalue weighted by Gasteiger charge is 2.38. The average Bonchev–Trinajstić information content (AvgIpc) is 4.11. The first-order chi connectivity index (χ1) is 29.8. The summed E-state index contributed by atoms with van der Waals surface area (Å²) in [6, 6.07) is 22.0. The van der Waals surface area contributed by atoms with E-state index in [1.807, 2.05) is 79.0 Å². The van der Waals surface area contributed by atoms with Crippen molar-refractivity contribution in [2.24, 2.45) is 5.92 Å². The molecule has 3 aromatic heterocycles. The number of likely N-dealkylation sites (tertiary alicyclic amines) is 2. The summed E-state index contributed by atoms with van der Waals surface area (Å²) in [5, 5.41) is 5.81. The van der Waals surface area contributed by atoms with Gasteiger partial charge in [0.05, 0.1) is 43.0 Å². The van der Waals surface area contributed by atoms with E-state index in [-0.39, 0.29) is 30.0 Å². The number of alkyl carbamates (subject to hydrolysis) is 2. The first-order valence-electron chi connectivity index (χ1n) is 21.4. The summed E-state index contributed by atoms with van der Waals surface area (Å²) in [6.07, 6.45) is 6.16. The Balaban J connectivity index is 0.943. The van der Waals surface area contributed by atoms with Crippen LogP contribution in [-0.2, 0) is 14.3 Å². The molecular weight excluding hydrogens is 787 g/mol. The third kappa shape index (κ3) is 9.37. The predicted octanol–water partition coefficient (Wildman–Crippen LogP) is 8.72. The Morgan fingerprint density at radius 3 is 2.16 bits per heavy atom. The van der Waals surface area contributed by atoms with Crippen molar-refractivity contribution in [3.63, 3.8) is 0 Å². The summed E-state index contributed by atoms with van der Waals surface area (Å²) in [5.74, 6) is 2.12. The number of carbonyl (C=O) groups is 3. The van der Waals surface area contributed by atoms with Crippen LogP contribution in [0.25, 0.3) is 45.1 Å². The molecule has 3 amide bonds. The number of fused-ring (bicyclic) bond motifs is 1. The van der Waals surface area contributed by atoms with Crippen molar-refractivity contribution in [3.8, 4) is 34.0 Å². The van der Waals surface area contributed by atoms with Gasteiger partial charge < -0.3 is 39.4 Å². The summed E-state index contributed by atoms with van der Waals surface area (Å²) in [6.45, 7) is 11.8. The topological polar surface area (TPSA) is 184 Å². The van der Waals surface area contributed by atoms with E-state index in [2.05, 4.69) is 39.3 Å². The fourth-order valence-electron chi connectivity index (χ4n) is 8.39. The quantitative estimate of drug-likeness (QED) is 0.0930. The molecule has 4 unspecified atom stereocenters. The zero-order valence-electron chi connectivity index (χ0n) is 36.1. The number of methoxy groups -OCH3 is 1. The molecule has 0 saturated carbocycles. The first kappa shape index (κ1) is 42.2. The van der Waals surface area contributed by atoms with Gasteiger partial charge in [0.15, 0.2) is 5.58 Å². The molecule has 15 nitrogen and oxygen atoms in total. The molecule has 3 aromatic carbocycles. The number of hydrogen-bond acceptors (Lipinski definition) is 10. The Kier molecular flexibility index (Phi) is 12.2. The van der Waals surface area contributed by atoms with Crippen molar-refractivity contribution in [1.82, 2.24) is 45.4 Å². The van der Waals surface area contributed by atoms with Crippen molar-refractivity contribution in [2.45, 2.75) is 90.1 Å². The number of ether oxygens (including phenoxy) is 2. The molecule has 2 saturated heterocycles. The van der Waals surface area contributed by atoms with Crippen LogP contribution in [0.3, 0.4) is 0 Å². The summed E-state index contributed by atoms with van der Waals surface area (Å²) in [4.78, 5) is 64.6. The van der Waals surface area contributed by atoms with Crippen molar-refractivity contribution in [2.75, 3.05) is 26.7 Å². The van der Waals surface area contributed by atoms with E-state index in [9.17, 15) is 14.4 Å². The fourth-order valence-corrected chi connectivity index (χ4v) is 8.39. The minimum atomic E-state index is -0.917. The van der Waals surface area contributed by atoms with Gasteiger partial charge in [-0.25, -0.2) is 24.5 Å². The monoisotopic (exact) mass is 841 g/mol. The molecule has 2 aliphatic heterocycles. The minimum Gasteiger partial charge on any atom is -0.453 e. The molecule has 0 aliphatic carbocycles. The molecule has 8 rings (SSSR count). The normalized spacial score (nSPS) is 18.0. The Labute approximate surface area is 361 Å². The van der Waals surface area contributed by atoms with E-state index in [1.54, 1.807) is 31.9 Å². The second-order valence-electron chi connectivity index (χ2n) is 17.5. The smallest absolute Gasteiger partial charge is 0.408 e. The molecule has 0 radical (unpaired) electrons. The summed E-state index contributed by atoms with van der Waals surface area (Å²) in [7, 11) is 1.39. The maximum absolute atomic E-state index is 14.2. The molecule has 6 aromatic rings. The predicted molar refractivity (Wildman–Crippen MR) is 235 cm³/mol. The van der Waals surface area contributed by atoms with Crippen molar-refractivity contribution < 1.29 is 28.3 Å². The largest absolute Gasteiger partial charge is 0.453 e. The van der Waals surface area contributed by atoms with E-state index in [0.29, 0.717) is 36.0 Å². The van der Waals surface area contributed by atoms with E-state index in [1.165, 1.54) is 7.11 Å². The molecule has 324 valence electrons. The van der Waals surface area contributed by atoms with Gasteiger partial charge in [-0.2, -0.15) is 0 Å². The lowest BCUT2D eigenvalue weighted by Crippen LogP contribution is -2.46. The van der Waals surface area contributed by atoms with E-state index >= 15 is 0 Å². The number of nitrogens with one attached hydrogen (secondary N) is 4. The van der Waals surface area contributed by atoms with Gasteiger partial charge in [-0.3, -0.25) is 9.69 Å². The standard InChI is InChI=1S/C47H55N9O6/c1-28(2)36(53-45(58)60-6)27-55-22-10-14-37(55)41-48-25-34(50-41)29-16-18-31(19-17-29)43-52-33-21-20-32(24-39(33)61-43)35-26-49-42(51-35)38-15-11-23-56(38)44(57)40(30-12-8-7-9-13-30)54-46(59)62-47(3,4)5/h7-9,12-13,16-21,24-26,28,36-38,40H,10-11,14-15,22-23,27H2,1-6H3,(H,48,50)(H,49,51)(H,53,58)(H,54,59). The zero-order chi connectivity index (χ0) is 43.5. The van der Waals surface area contributed by atoms with E-state index in [0.717, 1.165) is 71.6 Å². The number of carbonyl (C=O) groups excluding carboxylic acids is 3. The number of benzene rings is 3. The third-order valence-electron chi connectivity index (χ3n) is 11.6. The van der Waals surface area contributed by atoms with E-state index < -0.39 is 23.8 Å². The van der Waals surface area contributed by atoms with Gasteiger partial charge in [-0.05, 0) is 94.3 Å². The number of amides is 3. The fraction of sp³-hybridized carbons (Fsp3) is 0.404. The molecule has 0 spiro atoms.